The van der Waals surface area contributed by atoms with E-state index in [2.05, 4.69) is 27.7 Å². The lowest BCUT2D eigenvalue weighted by molar-refractivity contribution is -0.167. The summed E-state index contributed by atoms with van der Waals surface area (Å²) in [4.78, 5) is 37.1. The van der Waals surface area contributed by atoms with Crippen LogP contribution in [-0.4, -0.2) is 37.2 Å². The smallest absolute Gasteiger partial charge is 0.306 e. The van der Waals surface area contributed by atoms with Crippen molar-refractivity contribution in [2.45, 2.75) is 194 Å². The molecule has 6 heteroatoms. The molecule has 0 unspecified atom stereocenters. The van der Waals surface area contributed by atoms with Gasteiger partial charge in [0.15, 0.2) is 6.10 Å². The molecule has 0 aromatic rings. The van der Waals surface area contributed by atoms with Crippen molar-refractivity contribution in [3.63, 3.8) is 0 Å². The molecule has 0 spiro atoms. The second kappa shape index (κ2) is 30.9. The fourth-order valence-corrected chi connectivity index (χ4v) is 5.04. The lowest BCUT2D eigenvalue weighted by Gasteiger charge is -2.18. The number of hydrogen-bond acceptors (Lipinski definition) is 6. The van der Waals surface area contributed by atoms with E-state index in [-0.39, 0.29) is 31.1 Å². The van der Waals surface area contributed by atoms with Crippen molar-refractivity contribution in [1.29, 1.82) is 0 Å². The van der Waals surface area contributed by atoms with Crippen molar-refractivity contribution >= 4 is 17.9 Å². The van der Waals surface area contributed by atoms with Crippen LogP contribution in [0, 0.1) is 5.92 Å². The minimum atomic E-state index is -0.755. The molecule has 0 saturated carbocycles. The summed E-state index contributed by atoms with van der Waals surface area (Å²) < 4.78 is 16.4. The molecular formula is C36H68O6. The fraction of sp³-hybridized carbons (Fsp3) is 0.917. The third-order valence-corrected chi connectivity index (χ3v) is 7.79. The molecule has 0 aliphatic rings. The molecule has 0 rings (SSSR count). The molecule has 0 bridgehead atoms. The van der Waals surface area contributed by atoms with Gasteiger partial charge in [-0.1, -0.05) is 150 Å². The average molecular weight is 597 g/mol. The summed E-state index contributed by atoms with van der Waals surface area (Å²) in [6, 6.07) is 0. The van der Waals surface area contributed by atoms with Gasteiger partial charge in [-0.3, -0.25) is 14.4 Å². The van der Waals surface area contributed by atoms with Crippen LogP contribution >= 0.6 is 0 Å². The third-order valence-electron chi connectivity index (χ3n) is 7.79. The highest BCUT2D eigenvalue weighted by atomic mass is 16.6. The topological polar surface area (TPSA) is 78.9 Å². The van der Waals surface area contributed by atoms with Gasteiger partial charge in [0.25, 0.3) is 0 Å². The molecule has 0 amide bonds. The Balaban J connectivity index is 4.33. The third kappa shape index (κ3) is 29.9. The molecule has 0 aliphatic carbocycles. The molecule has 0 aromatic carbocycles. The van der Waals surface area contributed by atoms with E-state index in [0.717, 1.165) is 63.7 Å². The first-order valence-corrected chi connectivity index (χ1v) is 17.9. The summed E-state index contributed by atoms with van der Waals surface area (Å²) >= 11 is 0. The van der Waals surface area contributed by atoms with Crippen LogP contribution < -0.4 is 0 Å². The van der Waals surface area contributed by atoms with Crippen LogP contribution in [0.1, 0.15) is 188 Å². The second-order valence-electron chi connectivity index (χ2n) is 12.6. The molecule has 0 N–H and O–H groups in total. The number of rotatable bonds is 31. The van der Waals surface area contributed by atoms with Crippen LogP contribution in [0.25, 0.3) is 0 Å². The van der Waals surface area contributed by atoms with E-state index in [1.165, 1.54) is 83.5 Å². The number of ether oxygens (including phenoxy) is 3. The van der Waals surface area contributed by atoms with Gasteiger partial charge in [-0.15, -0.1) is 0 Å². The molecular weight excluding hydrogens is 528 g/mol. The van der Waals surface area contributed by atoms with E-state index in [1.54, 1.807) is 0 Å². The van der Waals surface area contributed by atoms with Gasteiger partial charge >= 0.3 is 17.9 Å². The summed E-state index contributed by atoms with van der Waals surface area (Å²) in [6.45, 7) is 8.81. The first-order valence-electron chi connectivity index (χ1n) is 17.9. The molecule has 1 atom stereocenters. The maximum absolute atomic E-state index is 12.5. The Labute approximate surface area is 259 Å². The Hall–Kier alpha value is -1.59. The monoisotopic (exact) mass is 597 g/mol. The standard InChI is InChI=1S/C36H68O6/c1-5-7-9-11-14-19-23-27-34(37)40-30-33(42-36(39)29-25-21-15-12-10-8-6-2)31-41-35(38)28-24-20-17-13-16-18-22-26-32(3)4/h32-33H,5-31H2,1-4H3/t33-/m1/s1. The molecule has 42 heavy (non-hydrogen) atoms. The van der Waals surface area contributed by atoms with Crippen LogP contribution in [0.2, 0.25) is 0 Å². The molecule has 0 aromatic heterocycles. The SMILES string of the molecule is CCCCCCCCCC(=O)OC[C@H](COC(=O)CCCCCCCCCC(C)C)OC(=O)CCCCCCCCC. The van der Waals surface area contributed by atoms with E-state index < -0.39 is 6.10 Å². The number of esters is 3. The summed E-state index contributed by atoms with van der Waals surface area (Å²) in [5.74, 6) is -0.103. The highest BCUT2D eigenvalue weighted by molar-refractivity contribution is 5.71. The predicted molar refractivity (Wildman–Crippen MR) is 173 cm³/mol. The number of unbranched alkanes of at least 4 members (excludes halogenated alkanes) is 18. The maximum Gasteiger partial charge on any atom is 0.306 e. The molecule has 0 fully saturated rings. The number of carbonyl (C=O) groups is 3. The highest BCUT2D eigenvalue weighted by Crippen LogP contribution is 2.14. The molecule has 0 heterocycles. The van der Waals surface area contributed by atoms with Crippen molar-refractivity contribution in [2.75, 3.05) is 13.2 Å². The molecule has 0 saturated heterocycles. The Morgan fingerprint density at radius 3 is 1.17 bits per heavy atom. The van der Waals surface area contributed by atoms with E-state index in [9.17, 15) is 14.4 Å². The van der Waals surface area contributed by atoms with Crippen LogP contribution in [0.15, 0.2) is 0 Å². The summed E-state index contributed by atoms with van der Waals surface area (Å²) in [5.41, 5.74) is 0. The van der Waals surface area contributed by atoms with E-state index in [1.807, 2.05) is 0 Å². The van der Waals surface area contributed by atoms with Crippen LogP contribution in [-0.2, 0) is 28.6 Å². The zero-order valence-corrected chi connectivity index (χ0v) is 28.2. The van der Waals surface area contributed by atoms with E-state index in [4.69, 9.17) is 14.2 Å². The van der Waals surface area contributed by atoms with E-state index >= 15 is 0 Å². The summed E-state index contributed by atoms with van der Waals surface area (Å²) in [6.07, 6.45) is 25.4. The van der Waals surface area contributed by atoms with Crippen molar-refractivity contribution in [1.82, 2.24) is 0 Å². The van der Waals surface area contributed by atoms with Crippen LogP contribution in [0.3, 0.4) is 0 Å². The predicted octanol–water partition coefficient (Wildman–Crippen LogP) is 10.4. The molecule has 248 valence electrons. The molecule has 0 radical (unpaired) electrons. The van der Waals surface area contributed by atoms with Crippen molar-refractivity contribution < 1.29 is 28.6 Å². The van der Waals surface area contributed by atoms with Gasteiger partial charge in [0, 0.05) is 19.3 Å². The zero-order chi connectivity index (χ0) is 31.1. The minimum Gasteiger partial charge on any atom is -0.462 e. The first-order chi connectivity index (χ1) is 20.4. The number of carbonyl (C=O) groups excluding carboxylic acids is 3. The van der Waals surface area contributed by atoms with Gasteiger partial charge in [0.05, 0.1) is 0 Å². The van der Waals surface area contributed by atoms with Gasteiger partial charge in [-0.05, 0) is 25.2 Å². The van der Waals surface area contributed by atoms with Crippen LogP contribution in [0.4, 0.5) is 0 Å². The molecule has 0 aliphatic heterocycles. The van der Waals surface area contributed by atoms with Gasteiger partial charge in [-0.25, -0.2) is 0 Å². The second-order valence-corrected chi connectivity index (χ2v) is 12.6. The van der Waals surface area contributed by atoms with Gasteiger partial charge in [0.2, 0.25) is 0 Å². The normalized spacial score (nSPS) is 11.9. The largest absolute Gasteiger partial charge is 0.462 e. The Bertz CT molecular complexity index is 632. The average Bonchev–Trinajstić information content (AvgIpc) is 2.96. The Kier molecular flexibility index (Phi) is 29.7. The zero-order valence-electron chi connectivity index (χ0n) is 28.2. The van der Waals surface area contributed by atoms with Crippen molar-refractivity contribution in [3.05, 3.63) is 0 Å². The summed E-state index contributed by atoms with van der Waals surface area (Å²) in [5, 5.41) is 0. The van der Waals surface area contributed by atoms with Crippen molar-refractivity contribution in [2.24, 2.45) is 5.92 Å². The highest BCUT2D eigenvalue weighted by Gasteiger charge is 2.19. The Morgan fingerprint density at radius 1 is 0.452 bits per heavy atom. The molecule has 6 nitrogen and oxygen atoms in total. The van der Waals surface area contributed by atoms with Gasteiger partial charge in [0.1, 0.15) is 13.2 Å². The lowest BCUT2D eigenvalue weighted by Crippen LogP contribution is -2.30. The fourth-order valence-electron chi connectivity index (χ4n) is 5.04. The quantitative estimate of drug-likeness (QED) is 0.0450. The lowest BCUT2D eigenvalue weighted by atomic mass is 10.0. The maximum atomic E-state index is 12.5. The first kappa shape index (κ1) is 40.4. The minimum absolute atomic E-state index is 0.0673. The van der Waals surface area contributed by atoms with Crippen molar-refractivity contribution in [3.8, 4) is 0 Å². The van der Waals surface area contributed by atoms with E-state index in [0.29, 0.717) is 19.3 Å². The van der Waals surface area contributed by atoms with Gasteiger partial charge in [-0.2, -0.15) is 0 Å². The summed E-state index contributed by atoms with van der Waals surface area (Å²) in [7, 11) is 0. The number of hydrogen-bond donors (Lipinski definition) is 0. The van der Waals surface area contributed by atoms with Crippen LogP contribution in [0.5, 0.6) is 0 Å². The Morgan fingerprint density at radius 2 is 0.786 bits per heavy atom. The van der Waals surface area contributed by atoms with Gasteiger partial charge < -0.3 is 14.2 Å².